The average molecular weight is 426 g/mol. The fourth-order valence-electron chi connectivity index (χ4n) is 3.28. The summed E-state index contributed by atoms with van der Waals surface area (Å²) in [4.78, 5) is 29.3. The van der Waals surface area contributed by atoms with E-state index in [2.05, 4.69) is 47.7 Å². The summed E-state index contributed by atoms with van der Waals surface area (Å²) in [5.74, 6) is -0.239. The highest BCUT2D eigenvalue weighted by molar-refractivity contribution is 5.87. The molecule has 1 heterocycles. The lowest BCUT2D eigenvalue weighted by Crippen LogP contribution is -2.27. The van der Waals surface area contributed by atoms with Gasteiger partial charge in [0.15, 0.2) is 0 Å². The molecule has 0 amide bonds. The number of rotatable bonds is 7. The Hall–Kier alpha value is -2.37. The molecule has 30 heavy (non-hydrogen) atoms. The van der Waals surface area contributed by atoms with Gasteiger partial charge in [0.05, 0.1) is 13.3 Å². The van der Waals surface area contributed by atoms with E-state index in [1.165, 1.54) is 18.6 Å². The lowest BCUT2D eigenvalue weighted by atomic mass is 9.78. The minimum Gasteiger partial charge on any atom is -0.463 e. The third kappa shape index (κ3) is 9.90. The summed E-state index contributed by atoms with van der Waals surface area (Å²) in [6.07, 6.45) is 2.50. The Morgan fingerprint density at radius 1 is 1.27 bits per heavy atom. The first-order valence-corrected chi connectivity index (χ1v) is 10.0. The normalized spacial score (nSPS) is 20.9. The standard InChI is InChI=1S/C15H22FN.C7H11FO2.CO2/c1-3-15(2)12-17(11-14(15)9-16)10-13-7-5-4-6-8-13;1-3-10-7(9)6(2)4-5-8;2-1-3/h4-8,14H,3,9-12H2,1-2H3;4H,3,5H2,1-2H3;/b;6-4+;/t14-,15-;;/m1../s1. The molecule has 5 nitrogen and oxygen atoms in total. The van der Waals surface area contributed by atoms with Gasteiger partial charge in [0.1, 0.15) is 6.67 Å². The minimum absolute atomic E-state index is 0.156. The first kappa shape index (κ1) is 27.6. The fourth-order valence-corrected chi connectivity index (χ4v) is 3.28. The van der Waals surface area contributed by atoms with Crippen molar-refractivity contribution < 1.29 is 27.9 Å². The number of carbonyl (C=O) groups is 1. The third-order valence-electron chi connectivity index (χ3n) is 5.27. The van der Waals surface area contributed by atoms with Gasteiger partial charge in [-0.2, -0.15) is 9.59 Å². The Morgan fingerprint density at radius 2 is 1.87 bits per heavy atom. The van der Waals surface area contributed by atoms with Crippen molar-refractivity contribution in [2.45, 2.75) is 40.7 Å². The number of ether oxygens (including phenoxy) is 1. The zero-order valence-electron chi connectivity index (χ0n) is 18.3. The molecule has 0 aliphatic carbocycles. The molecule has 0 saturated carbocycles. The van der Waals surface area contributed by atoms with E-state index in [-0.39, 0.29) is 24.2 Å². The molecular formula is C23H33F2NO4. The second-order valence-electron chi connectivity index (χ2n) is 7.36. The summed E-state index contributed by atoms with van der Waals surface area (Å²) in [5.41, 5.74) is 1.80. The predicted molar refractivity (Wildman–Crippen MR) is 111 cm³/mol. The van der Waals surface area contributed by atoms with Gasteiger partial charge in [0.25, 0.3) is 0 Å². The van der Waals surface area contributed by atoms with Crippen LogP contribution in [0, 0.1) is 11.3 Å². The quantitative estimate of drug-likeness (QED) is 0.479. The smallest absolute Gasteiger partial charge is 0.373 e. The summed E-state index contributed by atoms with van der Waals surface area (Å²) in [6.45, 7) is 10.0. The van der Waals surface area contributed by atoms with Gasteiger partial charge in [-0.1, -0.05) is 44.2 Å². The number of allylic oxidation sites excluding steroid dienone is 1. The second kappa shape index (κ2) is 15.5. The van der Waals surface area contributed by atoms with Gasteiger partial charge >= 0.3 is 12.1 Å². The van der Waals surface area contributed by atoms with Gasteiger partial charge in [-0.05, 0) is 37.3 Å². The number of benzene rings is 1. The summed E-state index contributed by atoms with van der Waals surface area (Å²) < 4.78 is 29.2. The van der Waals surface area contributed by atoms with Crippen LogP contribution in [0.4, 0.5) is 8.78 Å². The molecule has 0 bridgehead atoms. The number of hydrogen-bond acceptors (Lipinski definition) is 5. The predicted octanol–water partition coefficient (Wildman–Crippen LogP) is 4.39. The van der Waals surface area contributed by atoms with Crippen LogP contribution in [-0.2, 0) is 25.7 Å². The van der Waals surface area contributed by atoms with Crippen molar-refractivity contribution in [3.05, 3.63) is 47.5 Å². The number of nitrogens with zero attached hydrogens (tertiary/aromatic N) is 1. The maximum Gasteiger partial charge on any atom is 0.373 e. The highest BCUT2D eigenvalue weighted by Crippen LogP contribution is 2.39. The topological polar surface area (TPSA) is 63.7 Å². The number of hydrogen-bond donors (Lipinski definition) is 0. The molecule has 1 aliphatic heterocycles. The van der Waals surface area contributed by atoms with Crippen LogP contribution in [0.1, 0.15) is 39.7 Å². The van der Waals surface area contributed by atoms with Crippen molar-refractivity contribution >= 4 is 12.1 Å². The monoisotopic (exact) mass is 425 g/mol. The fraction of sp³-hybridized carbons (Fsp3) is 0.565. The van der Waals surface area contributed by atoms with E-state index in [9.17, 15) is 13.6 Å². The van der Waals surface area contributed by atoms with Crippen molar-refractivity contribution in [1.29, 1.82) is 0 Å². The van der Waals surface area contributed by atoms with Crippen molar-refractivity contribution in [3.8, 4) is 0 Å². The van der Waals surface area contributed by atoms with Gasteiger partial charge in [-0.25, -0.2) is 9.18 Å². The Morgan fingerprint density at radius 3 is 2.30 bits per heavy atom. The van der Waals surface area contributed by atoms with E-state index in [4.69, 9.17) is 9.59 Å². The lowest BCUT2D eigenvalue weighted by molar-refractivity contribution is -0.191. The molecule has 2 rings (SSSR count). The van der Waals surface area contributed by atoms with Crippen LogP contribution < -0.4 is 0 Å². The average Bonchev–Trinajstić information content (AvgIpc) is 3.06. The lowest BCUT2D eigenvalue weighted by Gasteiger charge is -2.27. The van der Waals surface area contributed by atoms with Crippen LogP contribution in [-0.4, -0.2) is 50.1 Å². The minimum atomic E-state index is -0.620. The zero-order chi connectivity index (χ0) is 23.0. The molecule has 0 N–H and O–H groups in total. The van der Waals surface area contributed by atoms with E-state index in [1.807, 2.05) is 6.07 Å². The second-order valence-corrected chi connectivity index (χ2v) is 7.36. The van der Waals surface area contributed by atoms with Gasteiger partial charge < -0.3 is 4.74 Å². The molecule has 0 aromatic heterocycles. The van der Waals surface area contributed by atoms with Gasteiger partial charge in [0, 0.05) is 31.1 Å². The Labute approximate surface area is 178 Å². The molecule has 0 unspecified atom stereocenters. The molecule has 1 saturated heterocycles. The number of halogens is 2. The van der Waals surface area contributed by atoms with Crippen molar-refractivity contribution in [3.63, 3.8) is 0 Å². The van der Waals surface area contributed by atoms with Crippen LogP contribution in [0.15, 0.2) is 42.0 Å². The molecule has 1 fully saturated rings. The molecule has 2 atom stereocenters. The van der Waals surface area contributed by atoms with Crippen LogP contribution in [0.25, 0.3) is 0 Å². The Kier molecular flexibility index (Phi) is 14.2. The number of likely N-dealkylation sites (tertiary alicyclic amines) is 1. The van der Waals surface area contributed by atoms with E-state index in [0.717, 1.165) is 26.1 Å². The molecular weight excluding hydrogens is 392 g/mol. The van der Waals surface area contributed by atoms with Gasteiger partial charge in [-0.3, -0.25) is 9.29 Å². The summed E-state index contributed by atoms with van der Waals surface area (Å²) in [5, 5.41) is 0. The number of alkyl halides is 2. The van der Waals surface area contributed by atoms with E-state index in [1.54, 1.807) is 6.92 Å². The largest absolute Gasteiger partial charge is 0.463 e. The van der Waals surface area contributed by atoms with Gasteiger partial charge in [0.2, 0.25) is 0 Å². The first-order chi connectivity index (χ1) is 14.3. The summed E-state index contributed by atoms with van der Waals surface area (Å²) in [6, 6.07) is 10.5. The maximum atomic E-state index is 13.1. The molecule has 1 aromatic carbocycles. The highest BCUT2D eigenvalue weighted by Gasteiger charge is 2.41. The SMILES string of the molecule is CCOC(=O)/C(C)=C/CF.CC[C@]1(C)CN(Cc2ccccc2)C[C@H]1CF.O=C=O. The molecule has 0 spiro atoms. The van der Waals surface area contributed by atoms with Crippen LogP contribution in [0.2, 0.25) is 0 Å². The van der Waals surface area contributed by atoms with Gasteiger partial charge in [-0.15, -0.1) is 0 Å². The first-order valence-electron chi connectivity index (χ1n) is 10.0. The van der Waals surface area contributed by atoms with Crippen molar-refractivity contribution in [2.24, 2.45) is 11.3 Å². The molecule has 1 aromatic rings. The zero-order valence-corrected chi connectivity index (χ0v) is 18.3. The highest BCUT2D eigenvalue weighted by atomic mass is 19.1. The number of esters is 1. The van der Waals surface area contributed by atoms with Crippen molar-refractivity contribution in [1.82, 2.24) is 4.90 Å². The maximum absolute atomic E-state index is 13.1. The van der Waals surface area contributed by atoms with Crippen LogP contribution in [0.3, 0.4) is 0 Å². The molecule has 0 radical (unpaired) electrons. The number of carbonyl (C=O) groups excluding carboxylic acids is 3. The van der Waals surface area contributed by atoms with Crippen LogP contribution in [0.5, 0.6) is 0 Å². The van der Waals surface area contributed by atoms with E-state index in [0.29, 0.717) is 12.2 Å². The summed E-state index contributed by atoms with van der Waals surface area (Å²) in [7, 11) is 0. The van der Waals surface area contributed by atoms with Crippen LogP contribution >= 0.6 is 0 Å². The summed E-state index contributed by atoms with van der Waals surface area (Å²) >= 11 is 0. The van der Waals surface area contributed by atoms with Crippen molar-refractivity contribution in [2.75, 3.05) is 33.0 Å². The molecule has 1 aliphatic rings. The molecule has 168 valence electrons. The Bertz CT molecular complexity index is 675. The Balaban J connectivity index is 0.000000554. The van der Waals surface area contributed by atoms with E-state index < -0.39 is 12.6 Å². The molecule has 7 heteroatoms. The van der Waals surface area contributed by atoms with E-state index >= 15 is 0 Å². The third-order valence-corrected chi connectivity index (χ3v) is 5.27.